The number of allylic oxidation sites excluding steroid dienone is 1. The molecule has 4 nitrogen and oxygen atoms in total. The summed E-state index contributed by atoms with van der Waals surface area (Å²) in [5.74, 6) is -1.19. The highest BCUT2D eigenvalue weighted by Crippen LogP contribution is 2.03. The van der Waals surface area contributed by atoms with Gasteiger partial charge in [0, 0.05) is 11.1 Å². The number of carboxylic acids is 1. The highest BCUT2D eigenvalue weighted by atomic mass is 16.5. The maximum absolute atomic E-state index is 11.0. The number of aliphatic carboxylic acids is 1. The van der Waals surface area contributed by atoms with Crippen LogP contribution in [0.5, 0.6) is 0 Å². The lowest BCUT2D eigenvalue weighted by atomic mass is 10.1. The van der Waals surface area contributed by atoms with Crippen molar-refractivity contribution in [2.24, 2.45) is 0 Å². The second kappa shape index (κ2) is 11.4. The summed E-state index contributed by atoms with van der Waals surface area (Å²) in [5.41, 5.74) is 2.93. The van der Waals surface area contributed by atoms with E-state index in [1.54, 1.807) is 19.9 Å². The molecule has 0 aliphatic heterocycles. The van der Waals surface area contributed by atoms with Gasteiger partial charge in [-0.25, -0.2) is 9.59 Å². The van der Waals surface area contributed by atoms with Crippen molar-refractivity contribution >= 4 is 11.9 Å². The van der Waals surface area contributed by atoms with Gasteiger partial charge in [0.25, 0.3) is 0 Å². The summed E-state index contributed by atoms with van der Waals surface area (Å²) in [6, 6.07) is 19.3. The van der Waals surface area contributed by atoms with Crippen molar-refractivity contribution in [2.45, 2.75) is 26.9 Å². The van der Waals surface area contributed by atoms with Crippen LogP contribution in [-0.2, 0) is 27.4 Å². The van der Waals surface area contributed by atoms with Crippen molar-refractivity contribution in [3.8, 4) is 0 Å². The predicted molar refractivity (Wildman–Crippen MR) is 103 cm³/mol. The molecule has 26 heavy (non-hydrogen) atoms. The standard InChI is InChI=1S/2C11H12O2/c1-9(2)11(12)13-8-10-6-4-3-5-7-10;1-9(11(12)13)7-8-10-5-3-2-4-6-10/h3-7H,1,8H2,2H3;2-7H,8H2,1H3,(H,12,13). The minimum Gasteiger partial charge on any atom is -0.478 e. The molecular weight excluding hydrogens is 328 g/mol. The van der Waals surface area contributed by atoms with Crippen LogP contribution in [0.4, 0.5) is 0 Å². The van der Waals surface area contributed by atoms with E-state index in [1.807, 2.05) is 60.7 Å². The van der Waals surface area contributed by atoms with E-state index in [1.165, 1.54) is 0 Å². The molecule has 136 valence electrons. The van der Waals surface area contributed by atoms with Crippen molar-refractivity contribution in [2.75, 3.05) is 0 Å². The molecule has 2 rings (SSSR count). The summed E-state index contributed by atoms with van der Waals surface area (Å²) >= 11 is 0. The van der Waals surface area contributed by atoms with Crippen LogP contribution in [0.3, 0.4) is 0 Å². The lowest BCUT2D eigenvalue weighted by Gasteiger charge is -2.03. The van der Waals surface area contributed by atoms with Gasteiger partial charge in [0.05, 0.1) is 0 Å². The maximum Gasteiger partial charge on any atom is 0.333 e. The number of hydrogen-bond donors (Lipinski definition) is 1. The van der Waals surface area contributed by atoms with Crippen LogP contribution >= 0.6 is 0 Å². The second-order valence-electron chi connectivity index (χ2n) is 5.72. The number of rotatable bonds is 6. The fraction of sp³-hybridized carbons (Fsp3) is 0.182. The average molecular weight is 352 g/mol. The Hall–Kier alpha value is -3.14. The van der Waals surface area contributed by atoms with Gasteiger partial charge in [-0.15, -0.1) is 0 Å². The number of esters is 1. The molecule has 0 atom stereocenters. The highest BCUT2D eigenvalue weighted by Gasteiger charge is 2.02. The summed E-state index contributed by atoms with van der Waals surface area (Å²) in [7, 11) is 0. The zero-order chi connectivity index (χ0) is 19.4. The van der Waals surface area contributed by atoms with E-state index in [0.29, 0.717) is 24.2 Å². The molecule has 0 fully saturated rings. The third kappa shape index (κ3) is 8.64. The molecule has 0 aromatic heterocycles. The van der Waals surface area contributed by atoms with E-state index in [9.17, 15) is 9.59 Å². The van der Waals surface area contributed by atoms with Gasteiger partial charge in [0.15, 0.2) is 0 Å². The first-order valence-electron chi connectivity index (χ1n) is 8.20. The first kappa shape index (κ1) is 20.9. The summed E-state index contributed by atoms with van der Waals surface area (Å²) in [4.78, 5) is 21.4. The Morgan fingerprint density at radius 2 is 1.46 bits per heavy atom. The van der Waals surface area contributed by atoms with Gasteiger partial charge in [-0.1, -0.05) is 73.3 Å². The Morgan fingerprint density at radius 3 is 1.92 bits per heavy atom. The molecule has 0 bridgehead atoms. The molecule has 2 aromatic rings. The fourth-order valence-corrected chi connectivity index (χ4v) is 1.82. The number of carbonyl (C=O) groups is 2. The van der Waals surface area contributed by atoms with Crippen molar-refractivity contribution in [3.05, 3.63) is 95.6 Å². The summed E-state index contributed by atoms with van der Waals surface area (Å²) in [6.07, 6.45) is 2.40. The summed E-state index contributed by atoms with van der Waals surface area (Å²) in [6.45, 7) is 7.04. The van der Waals surface area contributed by atoms with E-state index in [-0.39, 0.29) is 5.97 Å². The zero-order valence-corrected chi connectivity index (χ0v) is 15.1. The van der Waals surface area contributed by atoms with Crippen LogP contribution in [0.1, 0.15) is 25.0 Å². The van der Waals surface area contributed by atoms with Crippen molar-refractivity contribution in [1.82, 2.24) is 0 Å². The largest absolute Gasteiger partial charge is 0.478 e. The molecule has 0 unspecified atom stereocenters. The van der Waals surface area contributed by atoms with Crippen molar-refractivity contribution < 1.29 is 19.4 Å². The third-order valence-corrected chi connectivity index (χ3v) is 3.39. The Bertz CT molecular complexity index is 746. The van der Waals surface area contributed by atoms with Crippen molar-refractivity contribution in [1.29, 1.82) is 0 Å². The van der Waals surface area contributed by atoms with Crippen LogP contribution in [0.15, 0.2) is 84.5 Å². The van der Waals surface area contributed by atoms with Crippen LogP contribution in [0.25, 0.3) is 0 Å². The van der Waals surface area contributed by atoms with E-state index >= 15 is 0 Å². The normalized spacial score (nSPS) is 10.3. The molecule has 4 heteroatoms. The lowest BCUT2D eigenvalue weighted by molar-refractivity contribution is -0.140. The van der Waals surface area contributed by atoms with Crippen LogP contribution < -0.4 is 0 Å². The summed E-state index contributed by atoms with van der Waals surface area (Å²) < 4.78 is 4.95. The third-order valence-electron chi connectivity index (χ3n) is 3.39. The number of ether oxygens (including phenoxy) is 1. The molecule has 0 amide bonds. The quantitative estimate of drug-likeness (QED) is 0.611. The lowest BCUT2D eigenvalue weighted by Crippen LogP contribution is -2.04. The number of carbonyl (C=O) groups excluding carboxylic acids is 1. The van der Waals surface area contributed by atoms with Crippen LogP contribution in [0, 0.1) is 0 Å². The Labute approximate surface area is 154 Å². The van der Waals surface area contributed by atoms with Gasteiger partial charge in [0.2, 0.25) is 0 Å². The minimum absolute atomic E-state index is 0.312. The zero-order valence-electron chi connectivity index (χ0n) is 15.1. The number of hydrogen-bond acceptors (Lipinski definition) is 3. The minimum atomic E-state index is -0.851. The molecule has 0 saturated carbocycles. The smallest absolute Gasteiger partial charge is 0.333 e. The molecule has 0 radical (unpaired) electrons. The van der Waals surface area contributed by atoms with E-state index in [2.05, 4.69) is 6.58 Å². The topological polar surface area (TPSA) is 63.6 Å². The predicted octanol–water partition coefficient (Wildman–Crippen LogP) is 4.57. The Balaban J connectivity index is 0.000000260. The number of benzene rings is 2. The average Bonchev–Trinajstić information content (AvgIpc) is 2.66. The van der Waals surface area contributed by atoms with Gasteiger partial charge in [-0.05, 0) is 31.4 Å². The second-order valence-corrected chi connectivity index (χ2v) is 5.72. The monoisotopic (exact) mass is 352 g/mol. The fourth-order valence-electron chi connectivity index (χ4n) is 1.82. The van der Waals surface area contributed by atoms with E-state index in [0.717, 1.165) is 11.1 Å². The van der Waals surface area contributed by atoms with E-state index in [4.69, 9.17) is 9.84 Å². The molecular formula is C22H24O4. The van der Waals surface area contributed by atoms with Gasteiger partial charge >= 0.3 is 11.9 Å². The number of carboxylic acid groups (broad SMARTS) is 1. The highest BCUT2D eigenvalue weighted by molar-refractivity contribution is 5.87. The Kier molecular flexibility index (Phi) is 9.18. The molecule has 0 heterocycles. The van der Waals surface area contributed by atoms with Gasteiger partial charge < -0.3 is 9.84 Å². The first-order valence-corrected chi connectivity index (χ1v) is 8.20. The molecule has 2 aromatic carbocycles. The van der Waals surface area contributed by atoms with Gasteiger partial charge in [-0.3, -0.25) is 0 Å². The SMILES string of the molecule is C=C(C)C(=O)OCc1ccccc1.CC(=CCc1ccccc1)C(=O)O. The van der Waals surface area contributed by atoms with E-state index < -0.39 is 5.97 Å². The van der Waals surface area contributed by atoms with Crippen molar-refractivity contribution in [3.63, 3.8) is 0 Å². The van der Waals surface area contributed by atoms with Gasteiger partial charge in [-0.2, -0.15) is 0 Å². The van der Waals surface area contributed by atoms with Crippen LogP contribution in [-0.4, -0.2) is 17.0 Å². The summed E-state index contributed by atoms with van der Waals surface area (Å²) in [5, 5.41) is 8.59. The molecule has 0 aliphatic rings. The van der Waals surface area contributed by atoms with Crippen LogP contribution in [0.2, 0.25) is 0 Å². The van der Waals surface area contributed by atoms with Gasteiger partial charge in [0.1, 0.15) is 6.61 Å². The molecule has 0 aliphatic carbocycles. The Morgan fingerprint density at radius 1 is 0.962 bits per heavy atom. The molecule has 1 N–H and O–H groups in total. The molecule has 0 saturated heterocycles. The first-order chi connectivity index (χ1) is 12.4. The molecule has 0 spiro atoms. The maximum atomic E-state index is 11.0.